The van der Waals surface area contributed by atoms with Crippen LogP contribution in [0.3, 0.4) is 0 Å². The summed E-state index contributed by atoms with van der Waals surface area (Å²) in [6.07, 6.45) is 9.93. The lowest BCUT2D eigenvalue weighted by atomic mass is 9.98. The van der Waals surface area contributed by atoms with E-state index in [9.17, 15) is 0 Å². The Morgan fingerprint density at radius 1 is 1.23 bits per heavy atom. The molecule has 3 atom stereocenters. The summed E-state index contributed by atoms with van der Waals surface area (Å²) in [5.74, 6) is 2.64. The summed E-state index contributed by atoms with van der Waals surface area (Å²) in [4.78, 5) is 14.9. The van der Waals surface area contributed by atoms with Gasteiger partial charge in [0.1, 0.15) is 12.4 Å². The predicted octanol–water partition coefficient (Wildman–Crippen LogP) is 4.54. The Labute approximate surface area is 179 Å². The van der Waals surface area contributed by atoms with E-state index in [0.717, 1.165) is 43.7 Å². The van der Waals surface area contributed by atoms with Crippen molar-refractivity contribution in [2.45, 2.75) is 57.7 Å². The molecule has 0 amide bonds. The van der Waals surface area contributed by atoms with Crippen LogP contribution in [0.1, 0.15) is 55.5 Å². The van der Waals surface area contributed by atoms with Gasteiger partial charge in [-0.15, -0.1) is 0 Å². The third kappa shape index (κ3) is 3.71. The van der Waals surface area contributed by atoms with Gasteiger partial charge in [-0.3, -0.25) is 4.90 Å². The molecule has 3 aliphatic rings. The zero-order valence-corrected chi connectivity index (χ0v) is 18.0. The molecular weight excluding hydrogens is 372 g/mol. The molecule has 1 aromatic carbocycles. The highest BCUT2D eigenvalue weighted by Crippen LogP contribution is 2.44. The SMILES string of the molecule is C=CCOc1ccccc1CN1C2CCC1c1cnc(N3CCCC(C)C3)nc1C2. The Hall–Kier alpha value is -2.40. The third-order valence-corrected chi connectivity index (χ3v) is 6.94. The largest absolute Gasteiger partial charge is 0.489 e. The summed E-state index contributed by atoms with van der Waals surface area (Å²) in [6, 6.07) is 9.36. The highest BCUT2D eigenvalue weighted by Gasteiger charge is 2.41. The third-order valence-electron chi connectivity index (χ3n) is 6.94. The lowest BCUT2D eigenvalue weighted by Crippen LogP contribution is -2.39. The van der Waals surface area contributed by atoms with E-state index in [0.29, 0.717) is 18.7 Å². The van der Waals surface area contributed by atoms with Gasteiger partial charge < -0.3 is 9.64 Å². The van der Waals surface area contributed by atoms with Gasteiger partial charge in [-0.05, 0) is 37.7 Å². The molecule has 3 unspecified atom stereocenters. The Morgan fingerprint density at radius 3 is 3.00 bits per heavy atom. The van der Waals surface area contributed by atoms with Gasteiger partial charge in [0.15, 0.2) is 0 Å². The quantitative estimate of drug-likeness (QED) is 0.661. The minimum atomic E-state index is 0.417. The van der Waals surface area contributed by atoms with Crippen molar-refractivity contribution in [3.05, 3.63) is 59.9 Å². The maximum Gasteiger partial charge on any atom is 0.225 e. The van der Waals surface area contributed by atoms with Gasteiger partial charge in [0.25, 0.3) is 0 Å². The van der Waals surface area contributed by atoms with E-state index in [4.69, 9.17) is 14.7 Å². The second-order valence-corrected chi connectivity index (χ2v) is 9.10. The van der Waals surface area contributed by atoms with Crippen molar-refractivity contribution in [1.29, 1.82) is 0 Å². The number of anilines is 1. The van der Waals surface area contributed by atoms with Gasteiger partial charge in [-0.25, -0.2) is 9.97 Å². The van der Waals surface area contributed by atoms with E-state index in [1.54, 1.807) is 6.08 Å². The van der Waals surface area contributed by atoms with E-state index in [1.165, 1.54) is 42.5 Å². The van der Waals surface area contributed by atoms with Gasteiger partial charge >= 0.3 is 0 Å². The summed E-state index contributed by atoms with van der Waals surface area (Å²) >= 11 is 0. The first kappa shape index (κ1) is 19.6. The van der Waals surface area contributed by atoms with Gasteiger partial charge in [-0.1, -0.05) is 37.8 Å². The number of hydrogen-bond donors (Lipinski definition) is 0. The number of hydrogen-bond acceptors (Lipinski definition) is 5. The van der Waals surface area contributed by atoms with Crippen LogP contribution < -0.4 is 9.64 Å². The summed E-state index contributed by atoms with van der Waals surface area (Å²) in [7, 11) is 0. The van der Waals surface area contributed by atoms with Gasteiger partial charge in [0, 0.05) is 55.5 Å². The maximum atomic E-state index is 5.90. The fraction of sp³-hybridized carbons (Fsp3) is 0.520. The Balaban J connectivity index is 1.37. The molecule has 4 heterocycles. The van der Waals surface area contributed by atoms with Crippen molar-refractivity contribution >= 4 is 5.95 Å². The fourth-order valence-electron chi connectivity index (χ4n) is 5.45. The normalized spacial score (nSPS) is 25.8. The molecule has 1 aromatic heterocycles. The first-order valence-corrected chi connectivity index (χ1v) is 11.4. The summed E-state index contributed by atoms with van der Waals surface area (Å²) in [5, 5.41) is 0. The maximum absolute atomic E-state index is 5.90. The molecular formula is C25H32N4O. The monoisotopic (exact) mass is 404 g/mol. The molecule has 2 aromatic rings. The minimum Gasteiger partial charge on any atom is -0.489 e. The van der Waals surface area contributed by atoms with Crippen LogP contribution in [-0.2, 0) is 13.0 Å². The van der Waals surface area contributed by atoms with Crippen LogP contribution in [-0.4, -0.2) is 40.6 Å². The molecule has 0 aliphatic carbocycles. The van der Waals surface area contributed by atoms with E-state index in [1.807, 2.05) is 6.07 Å². The van der Waals surface area contributed by atoms with Crippen LogP contribution in [0.4, 0.5) is 5.95 Å². The Kier molecular flexibility index (Phi) is 5.47. The molecule has 158 valence electrons. The molecule has 0 spiro atoms. The number of fused-ring (bicyclic) bond motifs is 4. The van der Waals surface area contributed by atoms with Crippen LogP contribution in [0.5, 0.6) is 5.75 Å². The zero-order valence-electron chi connectivity index (χ0n) is 18.0. The van der Waals surface area contributed by atoms with Crippen LogP contribution in [0.25, 0.3) is 0 Å². The number of aromatic nitrogens is 2. The smallest absolute Gasteiger partial charge is 0.225 e. The van der Waals surface area contributed by atoms with Crippen molar-refractivity contribution in [1.82, 2.24) is 14.9 Å². The number of nitrogens with zero attached hydrogens (tertiary/aromatic N) is 4. The highest BCUT2D eigenvalue weighted by molar-refractivity contribution is 5.39. The number of para-hydroxylation sites is 1. The second kappa shape index (κ2) is 8.38. The van der Waals surface area contributed by atoms with Crippen molar-refractivity contribution in [3.8, 4) is 5.75 Å². The standard InChI is InChI=1S/C25H32N4O/c1-3-13-30-24-9-5-4-8-19(24)17-29-20-10-11-23(29)21-15-26-25(27-22(21)14-20)28-12-6-7-18(2)16-28/h3-5,8-9,15,18,20,23H,1,6-7,10-14,16-17H2,2H3. The van der Waals surface area contributed by atoms with Crippen molar-refractivity contribution in [3.63, 3.8) is 0 Å². The van der Waals surface area contributed by atoms with E-state index < -0.39 is 0 Å². The Morgan fingerprint density at radius 2 is 2.13 bits per heavy atom. The molecule has 0 N–H and O–H groups in total. The molecule has 2 bridgehead atoms. The lowest BCUT2D eigenvalue weighted by Gasteiger charge is -2.37. The number of rotatable bonds is 6. The van der Waals surface area contributed by atoms with Crippen LogP contribution in [0.15, 0.2) is 43.1 Å². The molecule has 5 nitrogen and oxygen atoms in total. The second-order valence-electron chi connectivity index (χ2n) is 9.10. The molecule has 0 radical (unpaired) electrons. The average molecular weight is 405 g/mol. The van der Waals surface area contributed by atoms with Crippen LogP contribution in [0, 0.1) is 5.92 Å². The molecule has 30 heavy (non-hydrogen) atoms. The molecule has 2 fully saturated rings. The van der Waals surface area contributed by atoms with Crippen LogP contribution in [0.2, 0.25) is 0 Å². The Bertz CT molecular complexity index is 914. The minimum absolute atomic E-state index is 0.417. The number of ether oxygens (including phenoxy) is 1. The van der Waals surface area contributed by atoms with E-state index in [-0.39, 0.29) is 0 Å². The lowest BCUT2D eigenvalue weighted by molar-refractivity contribution is 0.164. The molecule has 2 saturated heterocycles. The van der Waals surface area contributed by atoms with E-state index in [2.05, 4.69) is 47.7 Å². The first-order chi connectivity index (χ1) is 14.7. The van der Waals surface area contributed by atoms with Crippen LogP contribution >= 0.6 is 0 Å². The molecule has 5 rings (SSSR count). The summed E-state index contributed by atoms with van der Waals surface area (Å²) < 4.78 is 5.90. The van der Waals surface area contributed by atoms with Crippen molar-refractivity contribution in [2.24, 2.45) is 5.92 Å². The van der Waals surface area contributed by atoms with E-state index >= 15 is 0 Å². The summed E-state index contributed by atoms with van der Waals surface area (Å²) in [5.41, 5.74) is 3.86. The van der Waals surface area contributed by atoms with Crippen molar-refractivity contribution < 1.29 is 4.74 Å². The predicted molar refractivity (Wildman–Crippen MR) is 120 cm³/mol. The number of benzene rings is 1. The average Bonchev–Trinajstić information content (AvgIpc) is 3.04. The molecule has 0 saturated carbocycles. The van der Waals surface area contributed by atoms with Gasteiger partial charge in [0.05, 0.1) is 5.69 Å². The topological polar surface area (TPSA) is 41.5 Å². The first-order valence-electron chi connectivity index (χ1n) is 11.4. The van der Waals surface area contributed by atoms with Gasteiger partial charge in [-0.2, -0.15) is 0 Å². The van der Waals surface area contributed by atoms with Crippen molar-refractivity contribution in [2.75, 3.05) is 24.6 Å². The number of piperidine rings is 1. The highest BCUT2D eigenvalue weighted by atomic mass is 16.5. The summed E-state index contributed by atoms with van der Waals surface area (Å²) in [6.45, 7) is 9.72. The zero-order chi connectivity index (χ0) is 20.5. The molecule has 3 aliphatic heterocycles. The molecule has 5 heteroatoms. The fourth-order valence-corrected chi connectivity index (χ4v) is 5.45. The van der Waals surface area contributed by atoms with Gasteiger partial charge in [0.2, 0.25) is 5.95 Å².